The number of aliphatic hydroxyl groups is 3. The van der Waals surface area contributed by atoms with Gasteiger partial charge in [-0.3, -0.25) is 24.2 Å². The van der Waals surface area contributed by atoms with Crippen molar-refractivity contribution in [3.63, 3.8) is 0 Å². The summed E-state index contributed by atoms with van der Waals surface area (Å²) >= 11 is 0. The van der Waals surface area contributed by atoms with E-state index in [1.165, 1.54) is 19.0 Å². The lowest BCUT2D eigenvalue weighted by Gasteiger charge is -2.50. The van der Waals surface area contributed by atoms with Gasteiger partial charge in [0.05, 0.1) is 17.2 Å². The standard InChI is InChI=1S/C29H36F3N3O7/c1-5-7-8-35(6-2)12-14-11-17(36)19-15(21(14)29(30,31)32)9-13-10-16-22(34(3)4)24(38)20(27(33)41)26(40)28(16,42)25(39)18(13)23(19)37/h11,13,16,22,36-37,40,42H,5-10,12H2,1-4H3,(H2,33,41)/t13-,16-,22-,28-/m0/s1. The normalized spacial score (nSPS) is 26.1. The highest BCUT2D eigenvalue weighted by Gasteiger charge is 2.64. The molecule has 0 spiro atoms. The van der Waals surface area contributed by atoms with E-state index >= 15 is 0 Å². The third-order valence-electron chi connectivity index (χ3n) is 8.76. The third-order valence-corrected chi connectivity index (χ3v) is 8.76. The Morgan fingerprint density at radius 1 is 1.17 bits per heavy atom. The maximum Gasteiger partial charge on any atom is 0.417 e. The lowest BCUT2D eigenvalue weighted by Crippen LogP contribution is -2.65. The minimum Gasteiger partial charge on any atom is -0.508 e. The van der Waals surface area contributed by atoms with Crippen LogP contribution < -0.4 is 5.73 Å². The van der Waals surface area contributed by atoms with Crippen molar-refractivity contribution in [3.8, 4) is 5.75 Å². The molecule has 4 atom stereocenters. The van der Waals surface area contributed by atoms with E-state index in [2.05, 4.69) is 0 Å². The smallest absolute Gasteiger partial charge is 0.417 e. The average molecular weight is 596 g/mol. The van der Waals surface area contributed by atoms with Crippen molar-refractivity contribution in [3.05, 3.63) is 45.2 Å². The first-order chi connectivity index (χ1) is 19.5. The molecular formula is C29H36F3N3O7. The van der Waals surface area contributed by atoms with Crippen LogP contribution in [0.5, 0.6) is 5.75 Å². The maximum atomic E-state index is 14.7. The van der Waals surface area contributed by atoms with Crippen LogP contribution in [0.15, 0.2) is 23.0 Å². The molecule has 0 radical (unpaired) electrons. The topological polar surface area (TPSA) is 165 Å². The Labute approximate surface area is 240 Å². The maximum absolute atomic E-state index is 14.7. The highest BCUT2D eigenvalue weighted by atomic mass is 19.4. The molecule has 0 heterocycles. The van der Waals surface area contributed by atoms with Crippen LogP contribution in [0.4, 0.5) is 13.2 Å². The molecule has 230 valence electrons. The lowest BCUT2D eigenvalue weighted by molar-refractivity contribution is -0.153. The fourth-order valence-corrected chi connectivity index (χ4v) is 6.83. The summed E-state index contributed by atoms with van der Waals surface area (Å²) in [5, 5.41) is 44.7. The summed E-state index contributed by atoms with van der Waals surface area (Å²) in [5.74, 6) is -8.98. The summed E-state index contributed by atoms with van der Waals surface area (Å²) in [6.07, 6.45) is -4.01. The number of alkyl halides is 3. The van der Waals surface area contributed by atoms with Gasteiger partial charge < -0.3 is 26.2 Å². The first-order valence-electron chi connectivity index (χ1n) is 13.8. The van der Waals surface area contributed by atoms with Crippen molar-refractivity contribution in [1.29, 1.82) is 0 Å². The summed E-state index contributed by atoms with van der Waals surface area (Å²) in [6.45, 7) is 4.67. The van der Waals surface area contributed by atoms with Gasteiger partial charge in [0, 0.05) is 18.0 Å². The third kappa shape index (κ3) is 4.77. The molecule has 3 aliphatic rings. The number of primary amides is 1. The quantitative estimate of drug-likeness (QED) is 0.284. The number of hydrogen-bond donors (Lipinski definition) is 5. The Bertz CT molecular complexity index is 1400. The molecule has 13 heteroatoms. The van der Waals surface area contributed by atoms with Gasteiger partial charge in [0.15, 0.2) is 11.4 Å². The van der Waals surface area contributed by atoms with E-state index in [1.54, 1.807) is 0 Å². The van der Waals surface area contributed by atoms with Crippen molar-refractivity contribution in [2.75, 3.05) is 27.2 Å². The molecule has 1 fully saturated rings. The number of phenols is 1. The molecule has 4 rings (SSSR count). The number of likely N-dealkylation sites (N-methyl/N-ethyl adjacent to an activating group) is 1. The molecule has 0 bridgehead atoms. The Kier molecular flexibility index (Phi) is 8.26. The zero-order valence-electron chi connectivity index (χ0n) is 23.9. The van der Waals surface area contributed by atoms with Crippen molar-refractivity contribution in [2.45, 2.75) is 63.9 Å². The van der Waals surface area contributed by atoms with E-state index in [-0.39, 0.29) is 18.5 Å². The average Bonchev–Trinajstić information content (AvgIpc) is 2.87. The molecule has 0 aliphatic heterocycles. The number of ketones is 2. The van der Waals surface area contributed by atoms with Crippen LogP contribution in [0.2, 0.25) is 0 Å². The van der Waals surface area contributed by atoms with E-state index < -0.39 is 98.7 Å². The van der Waals surface area contributed by atoms with Gasteiger partial charge in [-0.2, -0.15) is 13.2 Å². The highest BCUT2D eigenvalue weighted by molar-refractivity contribution is 6.24. The fourth-order valence-electron chi connectivity index (χ4n) is 6.83. The number of aromatic hydroxyl groups is 1. The predicted octanol–water partition coefficient (Wildman–Crippen LogP) is 2.60. The number of nitrogens with zero attached hydrogens (tertiary/aromatic N) is 2. The number of hydrogen-bond acceptors (Lipinski definition) is 9. The van der Waals surface area contributed by atoms with Crippen LogP contribution in [-0.4, -0.2) is 86.5 Å². The second-order valence-electron chi connectivity index (χ2n) is 11.5. The van der Waals surface area contributed by atoms with E-state index in [1.807, 2.05) is 18.7 Å². The van der Waals surface area contributed by atoms with Gasteiger partial charge in [0.25, 0.3) is 5.91 Å². The number of carbonyl (C=O) groups is 3. The molecular weight excluding hydrogens is 559 g/mol. The van der Waals surface area contributed by atoms with E-state index in [9.17, 15) is 48.0 Å². The number of halogens is 3. The van der Waals surface area contributed by atoms with Gasteiger partial charge in [-0.25, -0.2) is 0 Å². The first kappa shape index (κ1) is 31.5. The summed E-state index contributed by atoms with van der Waals surface area (Å²) in [4.78, 5) is 42.3. The summed E-state index contributed by atoms with van der Waals surface area (Å²) in [7, 11) is 2.88. The molecule has 0 saturated heterocycles. The molecule has 3 aliphatic carbocycles. The number of Topliss-reactive ketones (excluding diaryl/α,β-unsaturated/α-hetero) is 2. The molecule has 1 aromatic carbocycles. The second-order valence-corrected chi connectivity index (χ2v) is 11.5. The molecule has 6 N–H and O–H groups in total. The number of unbranched alkanes of at least 4 members (excludes halogenated alkanes) is 1. The van der Waals surface area contributed by atoms with E-state index in [0.29, 0.717) is 13.1 Å². The Morgan fingerprint density at radius 3 is 2.33 bits per heavy atom. The van der Waals surface area contributed by atoms with Gasteiger partial charge in [0.2, 0.25) is 5.78 Å². The summed E-state index contributed by atoms with van der Waals surface area (Å²) < 4.78 is 44.0. The minimum absolute atomic E-state index is 0.110. The monoisotopic (exact) mass is 595 g/mol. The van der Waals surface area contributed by atoms with Gasteiger partial charge >= 0.3 is 6.18 Å². The minimum atomic E-state index is -4.88. The number of amides is 1. The van der Waals surface area contributed by atoms with Crippen molar-refractivity contribution >= 4 is 23.2 Å². The number of aliphatic hydroxyl groups excluding tert-OH is 2. The number of nitrogens with two attached hydrogens (primary N) is 1. The summed E-state index contributed by atoms with van der Waals surface area (Å²) in [5.41, 5.74) is -1.22. The summed E-state index contributed by atoms with van der Waals surface area (Å²) in [6, 6.07) is -0.400. The second kappa shape index (κ2) is 11.0. The zero-order valence-corrected chi connectivity index (χ0v) is 23.9. The SMILES string of the molecule is CCCCN(CC)Cc1cc(O)c2c(c1C(F)(F)F)C[C@H]1C[C@H]3[C@H](N(C)C)C(=O)C(C(N)=O)=C(O)[C@@]3(O)C(=O)C1=C2O. The molecule has 42 heavy (non-hydrogen) atoms. The number of phenolic OH excluding ortho intramolecular Hbond substituents is 1. The number of rotatable bonds is 8. The van der Waals surface area contributed by atoms with E-state index in [0.717, 1.165) is 18.9 Å². The Hall–Kier alpha value is -3.42. The Balaban J connectivity index is 1.95. The van der Waals surface area contributed by atoms with Crippen molar-refractivity contribution in [1.82, 2.24) is 9.80 Å². The molecule has 1 saturated carbocycles. The van der Waals surface area contributed by atoms with Crippen LogP contribution in [0.1, 0.15) is 55.4 Å². The van der Waals surface area contributed by atoms with Crippen LogP contribution in [0, 0.1) is 11.8 Å². The van der Waals surface area contributed by atoms with Crippen molar-refractivity contribution in [2.24, 2.45) is 17.6 Å². The number of carbonyl (C=O) groups excluding carboxylic acids is 3. The number of fused-ring (bicyclic) bond motifs is 3. The molecule has 0 unspecified atom stereocenters. The first-order valence-corrected chi connectivity index (χ1v) is 13.8. The largest absolute Gasteiger partial charge is 0.508 e. The lowest BCUT2D eigenvalue weighted by atomic mass is 9.57. The van der Waals surface area contributed by atoms with Crippen LogP contribution >= 0.6 is 0 Å². The zero-order chi connectivity index (χ0) is 31.5. The van der Waals surface area contributed by atoms with Gasteiger partial charge in [-0.05, 0) is 69.6 Å². The fraction of sp³-hybridized carbons (Fsp3) is 0.552. The van der Waals surface area contributed by atoms with Crippen LogP contribution in [0.3, 0.4) is 0 Å². The molecule has 1 amide bonds. The van der Waals surface area contributed by atoms with Crippen molar-refractivity contribution < 1.29 is 48.0 Å². The van der Waals surface area contributed by atoms with Crippen LogP contribution in [-0.2, 0) is 33.5 Å². The molecule has 1 aromatic rings. The molecule has 0 aromatic heterocycles. The van der Waals surface area contributed by atoms with Gasteiger partial charge in [0.1, 0.15) is 22.8 Å². The molecule has 10 nitrogen and oxygen atoms in total. The Morgan fingerprint density at radius 2 is 1.81 bits per heavy atom. The highest BCUT2D eigenvalue weighted by Crippen LogP contribution is 2.54. The number of benzene rings is 1. The van der Waals surface area contributed by atoms with Crippen LogP contribution in [0.25, 0.3) is 5.76 Å². The van der Waals surface area contributed by atoms with E-state index in [4.69, 9.17) is 5.73 Å². The van der Waals surface area contributed by atoms with Gasteiger partial charge in [-0.1, -0.05) is 20.3 Å². The van der Waals surface area contributed by atoms with Gasteiger partial charge in [-0.15, -0.1) is 0 Å². The predicted molar refractivity (Wildman–Crippen MR) is 145 cm³/mol.